The van der Waals surface area contributed by atoms with Gasteiger partial charge >= 0.3 is 5.65 Å². The van der Waals surface area contributed by atoms with Crippen LogP contribution in [0.5, 0.6) is 0 Å². The first-order valence-electron chi connectivity index (χ1n) is 16.5. The van der Waals surface area contributed by atoms with Gasteiger partial charge in [-0.2, -0.15) is 18.1 Å². The summed E-state index contributed by atoms with van der Waals surface area (Å²) in [6.45, 7) is 6.88. The molecule has 4 heteroatoms. The van der Waals surface area contributed by atoms with E-state index in [-0.39, 0.29) is 0 Å². The van der Waals surface area contributed by atoms with Gasteiger partial charge in [0.05, 0.1) is 5.31 Å². The lowest BCUT2D eigenvalue weighted by Gasteiger charge is -2.58. The maximum absolute atomic E-state index is 16.2. The molecule has 5 rings (SSSR count). The van der Waals surface area contributed by atoms with Crippen molar-refractivity contribution in [3.63, 3.8) is 0 Å². The van der Waals surface area contributed by atoms with Crippen molar-refractivity contribution < 1.29 is 4.79 Å². The monoisotopic (exact) mass is 587 g/mol. The van der Waals surface area contributed by atoms with Crippen molar-refractivity contribution in [1.29, 1.82) is 0 Å². The second kappa shape index (κ2) is 14.4. The van der Waals surface area contributed by atoms with E-state index in [1.54, 1.807) is 5.47 Å². The molecule has 0 aliphatic carbocycles. The zero-order valence-electron chi connectivity index (χ0n) is 26.3. The van der Waals surface area contributed by atoms with Gasteiger partial charge < -0.3 is 4.81 Å². The standard InChI is InChI=1S/C39H47BNOP/c1-4-7-30-37-38(33-22-14-10-15-23-33)43(35-26-18-12-19-27-35,36-28-20-13-21-29-36)39(42)41(34-24-16-11-17-25-34)40(37,31-8-5-2)32-9-6-3/h10-29H,4-9,30-32H2,1-3H3. The number of unbranched alkanes of at least 4 members (excludes halogenated alkanes) is 3. The molecule has 0 spiro atoms. The van der Waals surface area contributed by atoms with Gasteiger partial charge in [0.25, 0.3) is 0 Å². The molecule has 0 atom stereocenters. The van der Waals surface area contributed by atoms with E-state index in [0.29, 0.717) is 5.65 Å². The Morgan fingerprint density at radius 3 is 1.49 bits per heavy atom. The minimum atomic E-state index is -2.80. The average molecular weight is 588 g/mol. The van der Waals surface area contributed by atoms with Crippen LogP contribution in [0.3, 0.4) is 0 Å². The molecule has 4 aromatic carbocycles. The number of carbonyl (C=O) groups excluding carboxylic acids is 1. The second-order valence-corrected chi connectivity index (χ2v) is 15.4. The number of hydrogen-bond acceptors (Lipinski definition) is 1. The molecule has 1 aliphatic heterocycles. The minimum Gasteiger partial charge on any atom is -0.451 e. The number of hydrogen-bond donors (Lipinski definition) is 0. The highest BCUT2D eigenvalue weighted by molar-refractivity contribution is 8.11. The number of para-hydroxylation sites is 1. The van der Waals surface area contributed by atoms with Gasteiger partial charge in [-0.1, -0.05) is 151 Å². The predicted molar refractivity (Wildman–Crippen MR) is 191 cm³/mol. The molecule has 1 amide bonds. The number of carbonyl (C=O) groups is 1. The molecule has 0 N–H and O–H groups in total. The molecular weight excluding hydrogens is 540 g/mol. The van der Waals surface area contributed by atoms with Gasteiger partial charge in [0.2, 0.25) is 0 Å². The largest absolute Gasteiger partial charge is 0.451 e. The number of nitrogens with zero attached hydrogens (tertiary/aromatic N) is 1. The Bertz CT molecular complexity index is 1440. The van der Waals surface area contributed by atoms with Gasteiger partial charge in [-0.25, -0.2) is 4.79 Å². The van der Waals surface area contributed by atoms with E-state index >= 15 is 4.79 Å². The smallest absolute Gasteiger partial charge is 0.343 e. The summed E-state index contributed by atoms with van der Waals surface area (Å²) in [5.41, 5.74) is 4.12. The molecule has 1 heterocycles. The molecule has 4 aromatic rings. The van der Waals surface area contributed by atoms with Gasteiger partial charge in [0.1, 0.15) is 16.9 Å². The quantitative estimate of drug-likeness (QED) is 0.113. The maximum Gasteiger partial charge on any atom is 0.343 e. The maximum atomic E-state index is 16.2. The lowest BCUT2D eigenvalue weighted by molar-refractivity contribution is 0.266. The molecule has 0 unspecified atom stereocenters. The molecule has 0 saturated carbocycles. The fourth-order valence-electron chi connectivity index (χ4n) is 7.57. The van der Waals surface area contributed by atoms with Crippen LogP contribution in [0.15, 0.2) is 127 Å². The van der Waals surface area contributed by atoms with Crippen LogP contribution in [-0.4, -0.2) is 11.9 Å². The highest BCUT2D eigenvalue weighted by Crippen LogP contribution is 2.74. The molecule has 43 heavy (non-hydrogen) atoms. The Hall–Kier alpha value is -3.42. The highest BCUT2D eigenvalue weighted by atomic mass is 31.2. The summed E-state index contributed by atoms with van der Waals surface area (Å²) in [6.07, 6.45) is 8.45. The first kappa shape index (κ1) is 31.0. The van der Waals surface area contributed by atoms with Crippen LogP contribution in [0.25, 0.3) is 5.31 Å². The van der Waals surface area contributed by atoms with Gasteiger partial charge in [0, 0.05) is 11.3 Å². The molecular formula is C39H47BNOP. The van der Waals surface area contributed by atoms with E-state index in [1.165, 1.54) is 10.9 Å². The molecule has 0 saturated heterocycles. The van der Waals surface area contributed by atoms with E-state index in [4.69, 9.17) is 0 Å². The summed E-state index contributed by atoms with van der Waals surface area (Å²) in [7, 11) is -2.80. The van der Waals surface area contributed by atoms with Crippen LogP contribution in [-0.2, 0) is 0 Å². The third-order valence-corrected chi connectivity index (χ3v) is 13.7. The molecule has 0 radical (unpaired) electrons. The fraction of sp³-hybridized carbons (Fsp3) is 0.308. The SMILES string of the molecule is CCCCC1=C(c2ccccc2)[P+](c2ccccc2)(c2ccccc2)C(=O)N(c2ccccc2)[B-]1(CCCC)CCCC. The van der Waals surface area contributed by atoms with Crippen molar-refractivity contribution in [3.05, 3.63) is 132 Å². The zero-order chi connectivity index (χ0) is 30.1. The summed E-state index contributed by atoms with van der Waals surface area (Å²) in [4.78, 5) is 18.5. The Labute approximate surface area is 260 Å². The van der Waals surface area contributed by atoms with Crippen molar-refractivity contribution >= 4 is 40.8 Å². The molecule has 1 aliphatic rings. The van der Waals surface area contributed by atoms with Crippen LogP contribution in [0.4, 0.5) is 10.5 Å². The number of anilines is 1. The van der Waals surface area contributed by atoms with Crippen molar-refractivity contribution in [2.45, 2.75) is 78.4 Å². The van der Waals surface area contributed by atoms with Crippen LogP contribution in [0.2, 0.25) is 12.6 Å². The number of amides is 1. The number of allylic oxidation sites excluding steroid dienone is 1. The molecule has 222 valence electrons. The van der Waals surface area contributed by atoms with Gasteiger partial charge in [-0.05, 0) is 36.4 Å². The lowest BCUT2D eigenvalue weighted by Crippen LogP contribution is -2.62. The summed E-state index contributed by atoms with van der Waals surface area (Å²) in [5.74, 6) is 0. The zero-order valence-corrected chi connectivity index (χ0v) is 27.2. The third-order valence-electron chi connectivity index (χ3n) is 9.51. The van der Waals surface area contributed by atoms with Crippen LogP contribution < -0.4 is 15.4 Å². The molecule has 2 nitrogen and oxygen atoms in total. The van der Waals surface area contributed by atoms with Gasteiger partial charge in [-0.15, -0.1) is 0 Å². The molecule has 0 bridgehead atoms. The van der Waals surface area contributed by atoms with E-state index in [1.807, 2.05) is 0 Å². The first-order chi connectivity index (χ1) is 21.1. The van der Waals surface area contributed by atoms with Crippen LogP contribution in [0.1, 0.15) is 71.3 Å². The summed E-state index contributed by atoms with van der Waals surface area (Å²) >= 11 is 0. The Kier molecular flexibility index (Phi) is 10.4. The summed E-state index contributed by atoms with van der Waals surface area (Å²) < 4.78 is 0. The predicted octanol–water partition coefficient (Wildman–Crippen LogP) is 11.0. The van der Waals surface area contributed by atoms with Crippen molar-refractivity contribution in [2.75, 3.05) is 4.81 Å². The fourth-order valence-corrected chi connectivity index (χ4v) is 12.2. The second-order valence-electron chi connectivity index (χ2n) is 12.1. The van der Waals surface area contributed by atoms with Crippen molar-refractivity contribution in [3.8, 4) is 0 Å². The molecule has 0 aromatic heterocycles. The van der Waals surface area contributed by atoms with E-state index < -0.39 is 13.5 Å². The Morgan fingerprint density at radius 1 is 0.581 bits per heavy atom. The van der Waals surface area contributed by atoms with E-state index in [9.17, 15) is 0 Å². The lowest BCUT2D eigenvalue weighted by atomic mass is 9.24. The molecule has 0 fully saturated rings. The van der Waals surface area contributed by atoms with Crippen molar-refractivity contribution in [1.82, 2.24) is 0 Å². The van der Waals surface area contributed by atoms with Crippen LogP contribution >= 0.6 is 7.26 Å². The first-order valence-corrected chi connectivity index (χ1v) is 18.3. The summed E-state index contributed by atoms with van der Waals surface area (Å²) in [6, 6.07) is 43.1. The normalized spacial score (nSPS) is 16.0. The third kappa shape index (κ3) is 5.77. The average Bonchev–Trinajstić information content (AvgIpc) is 3.07. The number of benzene rings is 4. The number of rotatable bonds is 13. The van der Waals surface area contributed by atoms with E-state index in [2.05, 4.69) is 147 Å². The summed E-state index contributed by atoms with van der Waals surface area (Å²) in [5, 5.41) is 3.63. The minimum absolute atomic E-state index is 0.294. The van der Waals surface area contributed by atoms with Gasteiger partial charge in [-0.3, -0.25) is 0 Å². The van der Waals surface area contributed by atoms with Crippen molar-refractivity contribution in [2.24, 2.45) is 0 Å². The van der Waals surface area contributed by atoms with Gasteiger partial charge in [0.15, 0.2) is 7.26 Å². The van der Waals surface area contributed by atoms with E-state index in [0.717, 1.165) is 73.9 Å². The Balaban J connectivity index is 2.03. The van der Waals surface area contributed by atoms with Crippen LogP contribution in [0, 0.1) is 0 Å². The highest BCUT2D eigenvalue weighted by Gasteiger charge is 2.63. The Morgan fingerprint density at radius 2 is 1.02 bits per heavy atom. The topological polar surface area (TPSA) is 20.3 Å².